The van der Waals surface area contributed by atoms with E-state index in [2.05, 4.69) is 45.7 Å². The van der Waals surface area contributed by atoms with Crippen LogP contribution >= 0.6 is 31.9 Å². The summed E-state index contributed by atoms with van der Waals surface area (Å²) in [4.78, 5) is 12.4. The highest BCUT2D eigenvalue weighted by Gasteiger charge is 2.61. The molecule has 0 heterocycles. The Morgan fingerprint density at radius 1 is 1.15 bits per heavy atom. The zero-order valence-corrected chi connectivity index (χ0v) is 18.1. The fourth-order valence-corrected chi connectivity index (χ4v) is 3.75. The van der Waals surface area contributed by atoms with Gasteiger partial charge in [-0.25, -0.2) is 4.39 Å². The summed E-state index contributed by atoms with van der Waals surface area (Å²) in [6.45, 7) is 4.27. The standard InChI is InChI=1S/C21H19Br2FO3/c1-21(2)17(11-18(22)23)19(21)20(25)26-12-13-5-3-7-15(9-13)27-16-8-4-6-14(24)10-16/h3-11,17,19H,12H2,1-2H3/t17-,19-/m0/s1. The van der Waals surface area contributed by atoms with Crippen molar-refractivity contribution in [2.24, 2.45) is 17.3 Å². The lowest BCUT2D eigenvalue weighted by Crippen LogP contribution is -2.10. The van der Waals surface area contributed by atoms with Crippen LogP contribution in [0.25, 0.3) is 0 Å². The lowest BCUT2D eigenvalue weighted by molar-refractivity contribution is -0.147. The molecular formula is C21H19Br2FO3. The van der Waals surface area contributed by atoms with Gasteiger partial charge in [-0.1, -0.05) is 38.1 Å². The molecule has 27 heavy (non-hydrogen) atoms. The molecule has 3 rings (SSSR count). The Bertz CT molecular complexity index is 875. The van der Waals surface area contributed by atoms with Crippen LogP contribution in [0.5, 0.6) is 11.5 Å². The summed E-state index contributed by atoms with van der Waals surface area (Å²) in [5, 5.41) is 0. The summed E-state index contributed by atoms with van der Waals surface area (Å²) in [6.07, 6.45) is 1.99. The van der Waals surface area contributed by atoms with Gasteiger partial charge in [0.1, 0.15) is 23.9 Å². The van der Waals surface area contributed by atoms with Crippen LogP contribution in [0.1, 0.15) is 19.4 Å². The number of ether oxygens (including phenoxy) is 2. The minimum atomic E-state index is -0.358. The Hall–Kier alpha value is -1.66. The smallest absolute Gasteiger partial charge is 0.310 e. The summed E-state index contributed by atoms with van der Waals surface area (Å²) in [7, 11) is 0. The number of carbonyl (C=O) groups excluding carboxylic acids is 1. The van der Waals surface area contributed by atoms with Gasteiger partial charge in [0.2, 0.25) is 0 Å². The molecule has 142 valence electrons. The summed E-state index contributed by atoms with van der Waals surface area (Å²) in [5.41, 5.74) is 0.691. The number of allylic oxidation sites excluding steroid dienone is 1. The van der Waals surface area contributed by atoms with Crippen molar-refractivity contribution in [3.8, 4) is 11.5 Å². The minimum Gasteiger partial charge on any atom is -0.461 e. The molecule has 0 unspecified atom stereocenters. The number of hydrogen-bond acceptors (Lipinski definition) is 3. The first-order chi connectivity index (χ1) is 12.8. The molecule has 2 aromatic carbocycles. The highest BCUT2D eigenvalue weighted by molar-refractivity contribution is 9.28. The highest BCUT2D eigenvalue weighted by Crippen LogP contribution is 2.60. The van der Waals surface area contributed by atoms with E-state index in [4.69, 9.17) is 9.47 Å². The summed E-state index contributed by atoms with van der Waals surface area (Å²) in [6, 6.07) is 13.2. The molecule has 0 N–H and O–H groups in total. The van der Waals surface area contributed by atoms with Crippen molar-refractivity contribution < 1.29 is 18.7 Å². The maximum atomic E-state index is 13.3. The third-order valence-corrected chi connectivity index (χ3v) is 5.31. The lowest BCUT2D eigenvalue weighted by Gasteiger charge is -2.09. The van der Waals surface area contributed by atoms with Gasteiger partial charge < -0.3 is 9.47 Å². The number of halogens is 3. The normalized spacial score (nSPS) is 19.9. The van der Waals surface area contributed by atoms with Crippen molar-refractivity contribution in [1.29, 1.82) is 0 Å². The first-order valence-corrected chi connectivity index (χ1v) is 10.1. The number of benzene rings is 2. The third kappa shape index (κ3) is 4.99. The Kier molecular flexibility index (Phi) is 6.06. The van der Waals surface area contributed by atoms with E-state index in [0.717, 1.165) is 8.96 Å². The van der Waals surface area contributed by atoms with Gasteiger partial charge in [0.15, 0.2) is 0 Å². The van der Waals surface area contributed by atoms with Crippen LogP contribution < -0.4 is 4.74 Å². The predicted molar refractivity (Wildman–Crippen MR) is 109 cm³/mol. The number of hydrogen-bond donors (Lipinski definition) is 0. The zero-order valence-electron chi connectivity index (χ0n) is 14.9. The maximum absolute atomic E-state index is 13.3. The fraction of sp³-hybridized carbons (Fsp3) is 0.286. The van der Waals surface area contributed by atoms with Gasteiger partial charge in [0.25, 0.3) is 0 Å². The summed E-state index contributed by atoms with van der Waals surface area (Å²) >= 11 is 6.69. The van der Waals surface area contributed by atoms with Crippen molar-refractivity contribution in [3.63, 3.8) is 0 Å². The molecule has 0 saturated heterocycles. The Balaban J connectivity index is 1.60. The molecule has 1 aliphatic rings. The molecule has 0 aliphatic heterocycles. The van der Waals surface area contributed by atoms with Crippen molar-refractivity contribution in [2.75, 3.05) is 0 Å². The van der Waals surface area contributed by atoms with Crippen LogP contribution in [-0.4, -0.2) is 5.97 Å². The summed E-state index contributed by atoms with van der Waals surface area (Å²) < 4.78 is 25.3. The molecule has 0 radical (unpaired) electrons. The molecule has 3 nitrogen and oxygen atoms in total. The van der Waals surface area contributed by atoms with E-state index < -0.39 is 0 Å². The van der Waals surface area contributed by atoms with Crippen LogP contribution in [-0.2, 0) is 16.1 Å². The molecule has 6 heteroatoms. The van der Waals surface area contributed by atoms with Gasteiger partial charge in [-0.2, -0.15) is 0 Å². The first-order valence-electron chi connectivity index (χ1n) is 8.49. The summed E-state index contributed by atoms with van der Waals surface area (Å²) in [5.74, 6) is 0.391. The average molecular weight is 498 g/mol. The van der Waals surface area contributed by atoms with Crippen LogP contribution in [0.3, 0.4) is 0 Å². The van der Waals surface area contributed by atoms with Gasteiger partial charge >= 0.3 is 5.97 Å². The molecule has 2 atom stereocenters. The van der Waals surface area contributed by atoms with Crippen molar-refractivity contribution in [2.45, 2.75) is 20.5 Å². The third-order valence-electron chi connectivity index (χ3n) is 4.78. The molecule has 0 aromatic heterocycles. The Labute approximate surface area is 174 Å². The fourth-order valence-electron chi connectivity index (χ4n) is 3.18. The monoisotopic (exact) mass is 496 g/mol. The van der Waals surface area contributed by atoms with Gasteiger partial charge in [-0.15, -0.1) is 0 Å². The number of carbonyl (C=O) groups is 1. The van der Waals surface area contributed by atoms with Crippen LogP contribution in [0.4, 0.5) is 4.39 Å². The maximum Gasteiger partial charge on any atom is 0.310 e. The average Bonchev–Trinajstić information content (AvgIpc) is 3.12. The molecule has 1 fully saturated rings. The largest absolute Gasteiger partial charge is 0.461 e. The van der Waals surface area contributed by atoms with Crippen LogP contribution in [0.2, 0.25) is 0 Å². The van der Waals surface area contributed by atoms with E-state index in [1.54, 1.807) is 24.3 Å². The second kappa shape index (κ2) is 8.15. The van der Waals surface area contributed by atoms with Crippen LogP contribution in [0.15, 0.2) is 58.0 Å². The molecule has 0 amide bonds. The van der Waals surface area contributed by atoms with Crippen molar-refractivity contribution in [1.82, 2.24) is 0 Å². The quantitative estimate of drug-likeness (QED) is 0.423. The van der Waals surface area contributed by atoms with Crippen molar-refractivity contribution in [3.05, 3.63) is 69.4 Å². The molecule has 2 aromatic rings. The second-order valence-corrected chi connectivity index (χ2v) is 9.87. The molecule has 0 bridgehead atoms. The van der Waals surface area contributed by atoms with E-state index in [0.29, 0.717) is 11.5 Å². The predicted octanol–water partition coefficient (Wildman–Crippen LogP) is 6.56. The molecule has 0 spiro atoms. The van der Waals surface area contributed by atoms with E-state index in [-0.39, 0.29) is 35.6 Å². The topological polar surface area (TPSA) is 35.5 Å². The molecular weight excluding hydrogens is 479 g/mol. The van der Waals surface area contributed by atoms with Crippen molar-refractivity contribution >= 4 is 37.8 Å². The number of esters is 1. The SMILES string of the molecule is CC1(C)[C@H](C(=O)OCc2cccc(Oc3cccc(F)c3)c2)[C@@H]1C=C(Br)Br. The second-order valence-electron chi connectivity index (χ2n) is 7.10. The van der Waals surface area contributed by atoms with Gasteiger partial charge in [-0.05, 0) is 73.0 Å². The van der Waals surface area contributed by atoms with Gasteiger partial charge in [-0.3, -0.25) is 4.79 Å². The van der Waals surface area contributed by atoms with Gasteiger partial charge in [0, 0.05) is 6.07 Å². The first kappa shape index (κ1) is 20.1. The van der Waals surface area contributed by atoms with E-state index >= 15 is 0 Å². The minimum absolute atomic E-state index is 0.119. The van der Waals surface area contributed by atoms with E-state index in [9.17, 15) is 9.18 Å². The van der Waals surface area contributed by atoms with E-state index in [1.807, 2.05) is 18.2 Å². The molecule has 1 saturated carbocycles. The Morgan fingerprint density at radius 2 is 1.81 bits per heavy atom. The van der Waals surface area contributed by atoms with E-state index in [1.165, 1.54) is 12.1 Å². The lowest BCUT2D eigenvalue weighted by atomic mass is 10.1. The van der Waals surface area contributed by atoms with Crippen LogP contribution in [0, 0.1) is 23.1 Å². The molecule has 1 aliphatic carbocycles. The Morgan fingerprint density at radius 3 is 2.48 bits per heavy atom. The zero-order chi connectivity index (χ0) is 19.6. The van der Waals surface area contributed by atoms with Gasteiger partial charge in [0.05, 0.1) is 9.31 Å². The highest BCUT2D eigenvalue weighted by atomic mass is 79.9. The number of rotatable bonds is 6.